The molecule has 2 aromatic rings. The van der Waals surface area contributed by atoms with Crippen LogP contribution in [0.25, 0.3) is 5.52 Å². The maximum absolute atomic E-state index is 11.0. The van der Waals surface area contributed by atoms with Gasteiger partial charge in [0.25, 0.3) is 0 Å². The number of rotatable bonds is 3. The molecule has 6 nitrogen and oxygen atoms in total. The Bertz CT molecular complexity index is 547. The van der Waals surface area contributed by atoms with Crippen molar-refractivity contribution in [1.29, 1.82) is 0 Å². The SMILES string of the molecule is COCc1nc(C(=O)O)c2cccc(N)n12. The Morgan fingerprint density at radius 2 is 2.38 bits per heavy atom. The number of carboxylic acids is 1. The van der Waals surface area contributed by atoms with Gasteiger partial charge in [0.05, 0.1) is 5.52 Å². The third-order valence-electron chi connectivity index (χ3n) is 2.24. The van der Waals surface area contributed by atoms with Gasteiger partial charge < -0.3 is 15.6 Å². The van der Waals surface area contributed by atoms with E-state index >= 15 is 0 Å². The van der Waals surface area contributed by atoms with Gasteiger partial charge in [0, 0.05) is 7.11 Å². The molecule has 0 saturated heterocycles. The number of nitrogens with two attached hydrogens (primary N) is 1. The van der Waals surface area contributed by atoms with E-state index in [1.54, 1.807) is 22.6 Å². The fraction of sp³-hybridized carbons (Fsp3) is 0.200. The number of pyridine rings is 1. The highest BCUT2D eigenvalue weighted by Crippen LogP contribution is 2.17. The number of nitrogens with zero attached hydrogens (tertiary/aromatic N) is 2. The molecule has 0 saturated carbocycles. The largest absolute Gasteiger partial charge is 0.476 e. The number of hydrogen-bond donors (Lipinski definition) is 2. The fourth-order valence-corrected chi connectivity index (χ4v) is 1.62. The van der Waals surface area contributed by atoms with E-state index < -0.39 is 5.97 Å². The minimum Gasteiger partial charge on any atom is -0.476 e. The van der Waals surface area contributed by atoms with Crippen molar-refractivity contribution in [1.82, 2.24) is 9.38 Å². The van der Waals surface area contributed by atoms with E-state index in [0.717, 1.165) is 0 Å². The van der Waals surface area contributed by atoms with Gasteiger partial charge in [-0.15, -0.1) is 0 Å². The summed E-state index contributed by atoms with van der Waals surface area (Å²) >= 11 is 0. The predicted molar refractivity (Wildman–Crippen MR) is 57.3 cm³/mol. The van der Waals surface area contributed by atoms with E-state index in [0.29, 0.717) is 17.2 Å². The van der Waals surface area contributed by atoms with Gasteiger partial charge >= 0.3 is 5.97 Å². The molecular weight excluding hydrogens is 210 g/mol. The molecule has 0 bridgehead atoms. The maximum Gasteiger partial charge on any atom is 0.356 e. The Balaban J connectivity index is 2.76. The standard InChI is InChI=1S/C10H11N3O3/c1-16-5-8-12-9(10(14)15)6-3-2-4-7(11)13(6)8/h2-4H,5,11H2,1H3,(H,14,15). The Morgan fingerprint density at radius 1 is 1.62 bits per heavy atom. The highest BCUT2D eigenvalue weighted by atomic mass is 16.5. The third kappa shape index (κ3) is 1.49. The average Bonchev–Trinajstić information content (AvgIpc) is 2.59. The summed E-state index contributed by atoms with van der Waals surface area (Å²) in [5, 5.41) is 9.00. The van der Waals surface area contributed by atoms with Crippen LogP contribution in [0.3, 0.4) is 0 Å². The van der Waals surface area contributed by atoms with Crippen LogP contribution in [0.1, 0.15) is 16.3 Å². The molecule has 0 aromatic carbocycles. The van der Waals surface area contributed by atoms with Gasteiger partial charge in [-0.25, -0.2) is 9.78 Å². The van der Waals surface area contributed by atoms with E-state index in [1.807, 2.05) is 0 Å². The van der Waals surface area contributed by atoms with Crippen LogP contribution in [0.5, 0.6) is 0 Å². The van der Waals surface area contributed by atoms with Crippen LogP contribution in [-0.2, 0) is 11.3 Å². The van der Waals surface area contributed by atoms with Crippen molar-refractivity contribution in [3.05, 3.63) is 29.7 Å². The number of aromatic carboxylic acids is 1. The molecule has 0 aliphatic rings. The lowest BCUT2D eigenvalue weighted by Crippen LogP contribution is -2.01. The van der Waals surface area contributed by atoms with Crippen molar-refractivity contribution in [3.63, 3.8) is 0 Å². The Labute approximate surface area is 91.3 Å². The number of ether oxygens (including phenoxy) is 1. The molecule has 16 heavy (non-hydrogen) atoms. The normalized spacial score (nSPS) is 10.8. The first-order valence-electron chi connectivity index (χ1n) is 4.63. The topological polar surface area (TPSA) is 89.8 Å². The molecule has 3 N–H and O–H groups in total. The molecule has 0 unspecified atom stereocenters. The van der Waals surface area contributed by atoms with Crippen molar-refractivity contribution < 1.29 is 14.6 Å². The van der Waals surface area contributed by atoms with Crippen molar-refractivity contribution in [2.24, 2.45) is 0 Å². The number of carboxylic acid groups (broad SMARTS) is 1. The molecular formula is C10H11N3O3. The zero-order chi connectivity index (χ0) is 11.7. The minimum atomic E-state index is -1.08. The molecule has 84 valence electrons. The Hall–Kier alpha value is -2.08. The van der Waals surface area contributed by atoms with Gasteiger partial charge in [-0.1, -0.05) is 6.07 Å². The van der Waals surface area contributed by atoms with Crippen molar-refractivity contribution in [2.45, 2.75) is 6.61 Å². The molecule has 2 heterocycles. The maximum atomic E-state index is 11.0. The summed E-state index contributed by atoms with van der Waals surface area (Å²) in [6.45, 7) is 0.211. The summed E-state index contributed by atoms with van der Waals surface area (Å²) in [4.78, 5) is 15.0. The molecule has 2 aromatic heterocycles. The van der Waals surface area contributed by atoms with Crippen molar-refractivity contribution in [2.75, 3.05) is 12.8 Å². The van der Waals surface area contributed by atoms with E-state index in [2.05, 4.69) is 4.98 Å². The van der Waals surface area contributed by atoms with Gasteiger partial charge in [-0.3, -0.25) is 4.40 Å². The molecule has 0 radical (unpaired) electrons. The first kappa shape index (κ1) is 10.4. The zero-order valence-corrected chi connectivity index (χ0v) is 8.67. The minimum absolute atomic E-state index is 0.0145. The monoisotopic (exact) mass is 221 g/mol. The van der Waals surface area contributed by atoms with E-state index in [4.69, 9.17) is 15.6 Å². The number of nitrogen functional groups attached to an aromatic ring is 1. The van der Waals surface area contributed by atoms with Crippen LogP contribution in [0.15, 0.2) is 18.2 Å². The number of anilines is 1. The van der Waals surface area contributed by atoms with Crippen LogP contribution >= 0.6 is 0 Å². The number of methoxy groups -OCH3 is 1. The molecule has 0 spiro atoms. The lowest BCUT2D eigenvalue weighted by atomic mass is 10.3. The molecule has 0 aliphatic heterocycles. The van der Waals surface area contributed by atoms with Crippen LogP contribution in [0, 0.1) is 0 Å². The summed E-state index contributed by atoms with van der Waals surface area (Å²) in [6, 6.07) is 5.03. The molecule has 0 amide bonds. The number of hydrogen-bond acceptors (Lipinski definition) is 4. The summed E-state index contributed by atoms with van der Waals surface area (Å²) in [6.07, 6.45) is 0. The number of carbonyl (C=O) groups is 1. The first-order valence-corrected chi connectivity index (χ1v) is 4.63. The first-order chi connectivity index (χ1) is 7.65. The summed E-state index contributed by atoms with van der Waals surface area (Å²) in [7, 11) is 1.51. The summed E-state index contributed by atoms with van der Waals surface area (Å²) in [5.41, 5.74) is 6.23. The smallest absolute Gasteiger partial charge is 0.356 e. The van der Waals surface area contributed by atoms with Gasteiger partial charge in [-0.2, -0.15) is 0 Å². The lowest BCUT2D eigenvalue weighted by molar-refractivity contribution is 0.0692. The highest BCUT2D eigenvalue weighted by Gasteiger charge is 2.17. The Morgan fingerprint density at radius 3 is 3.00 bits per heavy atom. The fourth-order valence-electron chi connectivity index (χ4n) is 1.62. The number of fused-ring (bicyclic) bond motifs is 1. The quantitative estimate of drug-likeness (QED) is 0.798. The van der Waals surface area contributed by atoms with Crippen LogP contribution in [-0.4, -0.2) is 27.6 Å². The van der Waals surface area contributed by atoms with Gasteiger partial charge in [0.2, 0.25) is 0 Å². The van der Waals surface area contributed by atoms with E-state index in [-0.39, 0.29) is 12.3 Å². The van der Waals surface area contributed by atoms with Gasteiger partial charge in [-0.05, 0) is 12.1 Å². The van der Waals surface area contributed by atoms with Crippen LogP contribution in [0.2, 0.25) is 0 Å². The molecule has 6 heteroatoms. The molecule has 2 rings (SSSR count). The van der Waals surface area contributed by atoms with Crippen LogP contribution in [0.4, 0.5) is 5.82 Å². The van der Waals surface area contributed by atoms with Crippen LogP contribution < -0.4 is 5.73 Å². The third-order valence-corrected chi connectivity index (χ3v) is 2.24. The van der Waals surface area contributed by atoms with Crippen molar-refractivity contribution >= 4 is 17.3 Å². The summed E-state index contributed by atoms with van der Waals surface area (Å²) < 4.78 is 6.53. The second-order valence-electron chi connectivity index (χ2n) is 3.29. The average molecular weight is 221 g/mol. The lowest BCUT2D eigenvalue weighted by Gasteiger charge is -2.03. The zero-order valence-electron chi connectivity index (χ0n) is 8.67. The highest BCUT2D eigenvalue weighted by molar-refractivity contribution is 5.94. The molecule has 0 aliphatic carbocycles. The molecule has 0 atom stereocenters. The second-order valence-corrected chi connectivity index (χ2v) is 3.29. The Kier molecular flexibility index (Phi) is 2.49. The van der Waals surface area contributed by atoms with E-state index in [1.165, 1.54) is 7.11 Å². The second kappa shape index (κ2) is 3.82. The number of aromatic nitrogens is 2. The number of imidazole rings is 1. The van der Waals surface area contributed by atoms with Gasteiger partial charge in [0.1, 0.15) is 18.2 Å². The summed E-state index contributed by atoms with van der Waals surface area (Å²) in [5.74, 6) is -0.164. The molecule has 0 fully saturated rings. The van der Waals surface area contributed by atoms with E-state index in [9.17, 15) is 4.79 Å². The van der Waals surface area contributed by atoms with Gasteiger partial charge in [0.15, 0.2) is 5.69 Å². The van der Waals surface area contributed by atoms with Crippen molar-refractivity contribution in [3.8, 4) is 0 Å². The predicted octanol–water partition coefficient (Wildman–Crippen LogP) is 0.761.